The lowest BCUT2D eigenvalue weighted by Crippen LogP contribution is -2.49. The lowest BCUT2D eigenvalue weighted by molar-refractivity contribution is -0.128. The highest BCUT2D eigenvalue weighted by molar-refractivity contribution is 5.99. The van der Waals surface area contributed by atoms with Crippen LogP contribution in [0.2, 0.25) is 0 Å². The third-order valence-corrected chi connectivity index (χ3v) is 4.52. The monoisotopic (exact) mass is 369 g/mol. The summed E-state index contributed by atoms with van der Waals surface area (Å²) in [4.78, 5) is 18.9. The van der Waals surface area contributed by atoms with Gasteiger partial charge in [0.1, 0.15) is 11.6 Å². The number of benzene rings is 1. The molecule has 6 nitrogen and oxygen atoms in total. The smallest absolute Gasteiger partial charge is 0.269 e. The van der Waals surface area contributed by atoms with E-state index < -0.39 is 6.10 Å². The Bertz CT molecular complexity index is 807. The minimum Gasteiger partial charge on any atom is -0.494 e. The van der Waals surface area contributed by atoms with Gasteiger partial charge in [-0.05, 0) is 55.5 Å². The van der Waals surface area contributed by atoms with Gasteiger partial charge in [-0.3, -0.25) is 9.69 Å². The molecule has 2 N–H and O–H groups in total. The number of carbonyl (C=O) groups is 1. The molecule has 1 aromatic heterocycles. The van der Waals surface area contributed by atoms with E-state index >= 15 is 0 Å². The van der Waals surface area contributed by atoms with Crippen LogP contribution in [0, 0.1) is 12.8 Å². The zero-order chi connectivity index (χ0) is 19.4. The van der Waals surface area contributed by atoms with Crippen LogP contribution < -0.4 is 20.1 Å². The zero-order valence-corrected chi connectivity index (χ0v) is 16.1. The van der Waals surface area contributed by atoms with Gasteiger partial charge < -0.3 is 15.2 Å². The highest BCUT2D eigenvalue weighted by atomic mass is 16.5. The van der Waals surface area contributed by atoms with Crippen LogP contribution >= 0.6 is 0 Å². The second-order valence-electron chi connectivity index (χ2n) is 7.20. The number of pyridine rings is 1. The molecule has 0 aliphatic carbocycles. The zero-order valence-electron chi connectivity index (χ0n) is 16.1. The summed E-state index contributed by atoms with van der Waals surface area (Å²) >= 11 is 0. The predicted molar refractivity (Wildman–Crippen MR) is 106 cm³/mol. The number of hydrogen-bond acceptors (Lipinski definition) is 5. The van der Waals surface area contributed by atoms with E-state index in [4.69, 9.17) is 15.2 Å². The molecule has 27 heavy (non-hydrogen) atoms. The van der Waals surface area contributed by atoms with Crippen molar-refractivity contribution >= 4 is 17.5 Å². The number of amides is 1. The first-order chi connectivity index (χ1) is 13.0. The van der Waals surface area contributed by atoms with Gasteiger partial charge in [0.05, 0.1) is 6.61 Å². The summed E-state index contributed by atoms with van der Waals surface area (Å²) in [6, 6.07) is 11.5. The van der Waals surface area contributed by atoms with Gasteiger partial charge in [0.15, 0.2) is 17.7 Å². The van der Waals surface area contributed by atoms with Gasteiger partial charge in [0.25, 0.3) is 5.91 Å². The summed E-state index contributed by atoms with van der Waals surface area (Å²) in [6.07, 6.45) is 1.15. The summed E-state index contributed by atoms with van der Waals surface area (Å²) in [5, 5.41) is 0. The van der Waals surface area contributed by atoms with Gasteiger partial charge in [-0.1, -0.05) is 26.0 Å². The topological polar surface area (TPSA) is 77.7 Å². The van der Waals surface area contributed by atoms with Crippen molar-refractivity contribution in [3.8, 4) is 11.5 Å². The Morgan fingerprint density at radius 3 is 2.81 bits per heavy atom. The van der Waals surface area contributed by atoms with E-state index in [1.54, 1.807) is 17.0 Å². The number of anilines is 2. The molecule has 1 unspecified atom stereocenters. The normalized spacial score (nSPS) is 16.2. The van der Waals surface area contributed by atoms with E-state index in [9.17, 15) is 4.79 Å². The maximum absolute atomic E-state index is 12.9. The second-order valence-corrected chi connectivity index (χ2v) is 7.20. The standard InChI is InChI=1S/C21H27N3O3/c1-14(2)19-21(25)24(20-17(27-19)9-10-18(22)23-20)11-4-5-12-26-16-8-6-7-15(3)13-16/h6-10,13-14,19H,4-5,11-12H2,1-3H3,(H2,22,23). The van der Waals surface area contributed by atoms with Crippen molar-refractivity contribution < 1.29 is 14.3 Å². The third-order valence-electron chi connectivity index (χ3n) is 4.52. The average molecular weight is 369 g/mol. The van der Waals surface area contributed by atoms with E-state index in [0.29, 0.717) is 30.5 Å². The fraction of sp³-hybridized carbons (Fsp3) is 0.429. The number of hydrogen-bond donors (Lipinski definition) is 1. The van der Waals surface area contributed by atoms with Gasteiger partial charge >= 0.3 is 0 Å². The number of rotatable bonds is 7. The Morgan fingerprint density at radius 1 is 1.26 bits per heavy atom. The van der Waals surface area contributed by atoms with Gasteiger partial charge in [-0.2, -0.15) is 0 Å². The van der Waals surface area contributed by atoms with Gasteiger partial charge in [-0.25, -0.2) is 4.98 Å². The quantitative estimate of drug-likeness (QED) is 0.755. The molecule has 0 radical (unpaired) electrons. The van der Waals surface area contributed by atoms with E-state index in [1.165, 1.54) is 5.56 Å². The summed E-state index contributed by atoms with van der Waals surface area (Å²) in [6.45, 7) is 7.16. The molecule has 0 saturated carbocycles. The summed E-state index contributed by atoms with van der Waals surface area (Å²) in [5.41, 5.74) is 6.98. The van der Waals surface area contributed by atoms with Crippen LogP contribution in [0.15, 0.2) is 36.4 Å². The van der Waals surface area contributed by atoms with Gasteiger partial charge in [0, 0.05) is 6.54 Å². The molecule has 2 heterocycles. The number of aryl methyl sites for hydroxylation is 1. The number of nitrogen functional groups attached to an aromatic ring is 1. The molecule has 3 rings (SSSR count). The van der Waals surface area contributed by atoms with Crippen LogP contribution in [0.25, 0.3) is 0 Å². The molecular weight excluding hydrogens is 342 g/mol. The number of nitrogens with two attached hydrogens (primary N) is 1. The highest BCUT2D eigenvalue weighted by Gasteiger charge is 2.37. The molecule has 0 spiro atoms. The molecule has 1 aromatic carbocycles. The Kier molecular flexibility index (Phi) is 5.84. The number of unbranched alkanes of at least 4 members (excludes halogenated alkanes) is 1. The maximum Gasteiger partial charge on any atom is 0.269 e. The molecule has 6 heteroatoms. The van der Waals surface area contributed by atoms with Crippen molar-refractivity contribution in [3.05, 3.63) is 42.0 Å². The third kappa shape index (κ3) is 4.51. The summed E-state index contributed by atoms with van der Waals surface area (Å²) < 4.78 is 11.6. The number of ether oxygens (including phenoxy) is 2. The lowest BCUT2D eigenvalue weighted by Gasteiger charge is -2.35. The highest BCUT2D eigenvalue weighted by Crippen LogP contribution is 2.34. The Labute approximate surface area is 160 Å². The first-order valence-electron chi connectivity index (χ1n) is 9.39. The molecule has 1 aliphatic rings. The lowest BCUT2D eigenvalue weighted by atomic mass is 10.0. The van der Waals surface area contributed by atoms with Crippen LogP contribution in [-0.2, 0) is 4.79 Å². The van der Waals surface area contributed by atoms with Crippen LogP contribution in [-0.4, -0.2) is 30.1 Å². The van der Waals surface area contributed by atoms with Crippen LogP contribution in [0.5, 0.6) is 11.5 Å². The SMILES string of the molecule is Cc1cccc(OCCCCN2C(=O)C(C(C)C)Oc3ccc(N)nc32)c1. The summed E-state index contributed by atoms with van der Waals surface area (Å²) in [5.74, 6) is 2.39. The van der Waals surface area contributed by atoms with Crippen LogP contribution in [0.4, 0.5) is 11.6 Å². The molecule has 0 bridgehead atoms. The first kappa shape index (κ1) is 19.0. The molecule has 1 amide bonds. The number of nitrogens with zero attached hydrogens (tertiary/aromatic N) is 2. The molecule has 144 valence electrons. The van der Waals surface area contributed by atoms with Crippen molar-refractivity contribution in [3.63, 3.8) is 0 Å². The molecular formula is C21H27N3O3. The molecule has 0 fully saturated rings. The van der Waals surface area contributed by atoms with E-state index in [2.05, 4.69) is 4.98 Å². The van der Waals surface area contributed by atoms with Crippen LogP contribution in [0.1, 0.15) is 32.3 Å². The first-order valence-corrected chi connectivity index (χ1v) is 9.39. The number of aromatic nitrogens is 1. The number of fused-ring (bicyclic) bond motifs is 1. The van der Waals surface area contributed by atoms with Crippen molar-refractivity contribution in [1.82, 2.24) is 4.98 Å². The molecule has 1 aliphatic heterocycles. The van der Waals surface area contributed by atoms with Gasteiger partial charge in [-0.15, -0.1) is 0 Å². The van der Waals surface area contributed by atoms with E-state index in [1.807, 2.05) is 45.0 Å². The minimum atomic E-state index is -0.494. The summed E-state index contributed by atoms with van der Waals surface area (Å²) in [7, 11) is 0. The maximum atomic E-state index is 12.9. The van der Waals surface area contributed by atoms with Crippen molar-refractivity contribution in [2.24, 2.45) is 5.92 Å². The van der Waals surface area contributed by atoms with Crippen molar-refractivity contribution in [1.29, 1.82) is 0 Å². The Morgan fingerprint density at radius 2 is 2.07 bits per heavy atom. The number of carbonyl (C=O) groups excluding carboxylic acids is 1. The predicted octanol–water partition coefficient (Wildman–Crippen LogP) is 3.58. The van der Waals surface area contributed by atoms with Crippen molar-refractivity contribution in [2.75, 3.05) is 23.8 Å². The van der Waals surface area contributed by atoms with Crippen LogP contribution in [0.3, 0.4) is 0 Å². The molecule has 0 saturated heterocycles. The fourth-order valence-electron chi connectivity index (χ4n) is 3.09. The van der Waals surface area contributed by atoms with E-state index in [0.717, 1.165) is 18.6 Å². The van der Waals surface area contributed by atoms with Gasteiger partial charge in [0.2, 0.25) is 0 Å². The average Bonchev–Trinajstić information content (AvgIpc) is 2.62. The van der Waals surface area contributed by atoms with Crippen molar-refractivity contribution in [2.45, 2.75) is 39.7 Å². The second kappa shape index (κ2) is 8.29. The minimum absolute atomic E-state index is 0.0600. The molecule has 1 atom stereocenters. The Balaban J connectivity index is 1.61. The fourth-order valence-corrected chi connectivity index (χ4v) is 3.09. The van der Waals surface area contributed by atoms with E-state index in [-0.39, 0.29) is 11.8 Å². The Hall–Kier alpha value is -2.76. The largest absolute Gasteiger partial charge is 0.494 e. The molecule has 2 aromatic rings.